The smallest absolute Gasteiger partial charge is 0.164 e. The second kappa shape index (κ2) is 25.8. The maximum Gasteiger partial charge on any atom is 0.164 e. The number of aromatic nitrogens is 6. The Labute approximate surface area is 658 Å². The maximum atomic E-state index is 7.12. The third-order valence-corrected chi connectivity index (χ3v) is 23.7. The van der Waals surface area contributed by atoms with Gasteiger partial charge in [0.15, 0.2) is 34.9 Å². The highest BCUT2D eigenvalue weighted by atomic mass is 16.5. The zero-order valence-electron chi connectivity index (χ0n) is 61.5. The fourth-order valence-electron chi connectivity index (χ4n) is 18.6. The average Bonchev–Trinajstić information content (AvgIpc) is 1.51. The van der Waals surface area contributed by atoms with Crippen molar-refractivity contribution in [3.05, 3.63) is 433 Å². The molecule has 8 heteroatoms. The van der Waals surface area contributed by atoms with Gasteiger partial charge in [-0.1, -0.05) is 328 Å². The Bertz CT molecular complexity index is 7110. The molecule has 1 unspecified atom stereocenters. The van der Waals surface area contributed by atoms with E-state index in [-0.39, 0.29) is 0 Å². The topological polar surface area (TPSA) is 95.8 Å². The van der Waals surface area contributed by atoms with Crippen LogP contribution in [-0.4, -0.2) is 29.9 Å². The third kappa shape index (κ3) is 10.2. The molecule has 4 heterocycles. The van der Waals surface area contributed by atoms with E-state index in [2.05, 4.69) is 328 Å². The predicted octanol–water partition coefficient (Wildman–Crippen LogP) is 26.0. The normalized spacial score (nSPS) is 14.0. The van der Waals surface area contributed by atoms with Crippen molar-refractivity contribution in [2.45, 2.75) is 10.8 Å². The van der Waals surface area contributed by atoms with Gasteiger partial charge in [0.25, 0.3) is 0 Å². The molecule has 0 saturated heterocycles. The predicted molar refractivity (Wildman–Crippen MR) is 457 cm³/mol. The van der Waals surface area contributed by atoms with E-state index >= 15 is 0 Å². The van der Waals surface area contributed by atoms with Gasteiger partial charge in [-0.3, -0.25) is 0 Å². The van der Waals surface area contributed by atoms with Crippen molar-refractivity contribution in [1.29, 1.82) is 0 Å². The molecule has 0 saturated carbocycles. The Kier molecular flexibility index (Phi) is 14.6. The second-order valence-electron chi connectivity index (χ2n) is 29.9. The summed E-state index contributed by atoms with van der Waals surface area (Å²) in [7, 11) is 0. The van der Waals surface area contributed by atoms with Crippen molar-refractivity contribution in [2.75, 3.05) is 0 Å². The van der Waals surface area contributed by atoms with E-state index in [0.717, 1.165) is 134 Å². The molecule has 2 aromatic heterocycles. The molecule has 2 aliphatic carbocycles. The molecule has 0 amide bonds. The van der Waals surface area contributed by atoms with Gasteiger partial charge in [0.1, 0.15) is 23.0 Å². The highest BCUT2D eigenvalue weighted by molar-refractivity contribution is 6.08. The molecular weight excluding hydrogens is 1390 g/mol. The highest BCUT2D eigenvalue weighted by Gasteiger charge is 2.53. The van der Waals surface area contributed by atoms with Crippen LogP contribution in [-0.2, 0) is 10.8 Å². The first-order valence-electron chi connectivity index (χ1n) is 38.7. The van der Waals surface area contributed by atoms with Crippen LogP contribution in [0.15, 0.2) is 388 Å². The van der Waals surface area contributed by atoms with Crippen LogP contribution in [0, 0.1) is 0 Å². The number of fused-ring (bicyclic) bond motifs is 21. The summed E-state index contributed by atoms with van der Waals surface area (Å²) in [6.07, 6.45) is 0. The Morgan fingerprint density at radius 3 is 0.912 bits per heavy atom. The van der Waals surface area contributed by atoms with Gasteiger partial charge >= 0.3 is 0 Å². The summed E-state index contributed by atoms with van der Waals surface area (Å²) in [6.45, 7) is 0. The van der Waals surface area contributed by atoms with E-state index < -0.39 is 10.8 Å². The number of hydrogen-bond acceptors (Lipinski definition) is 8. The zero-order valence-corrected chi connectivity index (χ0v) is 61.5. The van der Waals surface area contributed by atoms with Crippen LogP contribution >= 0.6 is 0 Å². The summed E-state index contributed by atoms with van der Waals surface area (Å²) >= 11 is 0. The van der Waals surface area contributed by atoms with Crippen molar-refractivity contribution < 1.29 is 9.47 Å². The molecule has 114 heavy (non-hydrogen) atoms. The van der Waals surface area contributed by atoms with Crippen molar-refractivity contribution >= 4 is 21.5 Å². The number of nitrogens with zero attached hydrogens (tertiary/aromatic N) is 6. The number of para-hydroxylation sites is 2. The highest BCUT2D eigenvalue weighted by Crippen LogP contribution is 2.65. The average molecular weight is 1450 g/mol. The summed E-state index contributed by atoms with van der Waals surface area (Å²) < 4.78 is 14.1. The molecule has 2 spiro atoms. The molecule has 530 valence electrons. The Morgan fingerprint density at radius 2 is 0.447 bits per heavy atom. The molecule has 8 nitrogen and oxygen atoms in total. The van der Waals surface area contributed by atoms with Gasteiger partial charge in [-0.2, -0.15) is 0 Å². The van der Waals surface area contributed by atoms with Gasteiger partial charge in [0.2, 0.25) is 0 Å². The zero-order chi connectivity index (χ0) is 75.0. The maximum absolute atomic E-state index is 7.12. The number of benzene rings is 17. The number of ether oxygens (including phenoxy) is 2. The Morgan fingerprint density at radius 1 is 0.158 bits per heavy atom. The SMILES string of the molecule is c1ccc(-c2nc(-c3ccccc3)nc(-c3cccc(-c4cccc(-c5ccc6c(c5)Oc5ccccc5C65c6ccccc6-c6cc(-c7cccc(-c8nc(-c9cccc(-c%10ccc%11c(c%10)Oc%10ccccc%10C%11%10c%11ccccc%11-c%11ccccc%11%10)c9)nc(-c9ccc%10c(ccc%11ccccc%11%10)c9)n8)c7)ccc65)c4)c3)n2)cc1. The minimum Gasteiger partial charge on any atom is -0.457 e. The Hall–Kier alpha value is -15.1. The lowest BCUT2D eigenvalue weighted by molar-refractivity contribution is 0.436. The molecule has 1 atom stereocenters. The van der Waals surface area contributed by atoms with E-state index in [9.17, 15) is 0 Å². The quantitative estimate of drug-likeness (QED) is 0.125. The van der Waals surface area contributed by atoms with Crippen LogP contribution in [0.4, 0.5) is 0 Å². The van der Waals surface area contributed by atoms with Crippen molar-refractivity contribution in [3.63, 3.8) is 0 Å². The van der Waals surface area contributed by atoms with E-state index in [1.165, 1.54) is 55.1 Å². The monoisotopic (exact) mass is 1450 g/mol. The number of rotatable bonds is 10. The molecular formula is C106H64N6O2. The number of hydrogen-bond donors (Lipinski definition) is 0. The van der Waals surface area contributed by atoms with Crippen LogP contribution in [0.25, 0.3) is 157 Å². The van der Waals surface area contributed by atoms with Crippen LogP contribution in [0.1, 0.15) is 44.5 Å². The summed E-state index contributed by atoms with van der Waals surface area (Å²) in [5, 5.41) is 4.67. The summed E-state index contributed by atoms with van der Waals surface area (Å²) in [5.74, 6) is 6.88. The lowest BCUT2D eigenvalue weighted by atomic mass is 9.66. The molecule has 17 aromatic carbocycles. The summed E-state index contributed by atoms with van der Waals surface area (Å²) in [6, 6.07) is 138. The summed E-state index contributed by atoms with van der Waals surface area (Å²) in [5.41, 5.74) is 26.7. The fourth-order valence-corrected chi connectivity index (χ4v) is 18.6. The molecule has 0 fully saturated rings. The van der Waals surface area contributed by atoms with E-state index in [0.29, 0.717) is 34.9 Å². The largest absolute Gasteiger partial charge is 0.457 e. The minimum absolute atomic E-state index is 0.563. The van der Waals surface area contributed by atoms with Crippen LogP contribution in [0.2, 0.25) is 0 Å². The van der Waals surface area contributed by atoms with Crippen LogP contribution in [0.3, 0.4) is 0 Å². The van der Waals surface area contributed by atoms with Crippen LogP contribution in [0.5, 0.6) is 23.0 Å². The first-order valence-corrected chi connectivity index (χ1v) is 38.7. The van der Waals surface area contributed by atoms with Crippen LogP contribution < -0.4 is 9.47 Å². The lowest BCUT2D eigenvalue weighted by Crippen LogP contribution is -2.32. The van der Waals surface area contributed by atoms with E-state index in [1.54, 1.807) is 0 Å². The van der Waals surface area contributed by atoms with Gasteiger partial charge in [0, 0.05) is 55.6 Å². The van der Waals surface area contributed by atoms with Gasteiger partial charge < -0.3 is 9.47 Å². The molecule has 2 aliphatic heterocycles. The molecule has 0 bridgehead atoms. The summed E-state index contributed by atoms with van der Waals surface area (Å²) in [4.78, 5) is 31.4. The Balaban J connectivity index is 0.606. The molecule has 4 aliphatic rings. The third-order valence-electron chi connectivity index (χ3n) is 23.7. The van der Waals surface area contributed by atoms with E-state index in [4.69, 9.17) is 39.4 Å². The van der Waals surface area contributed by atoms with Gasteiger partial charge in [0.05, 0.1) is 10.8 Å². The lowest BCUT2D eigenvalue weighted by Gasteiger charge is -2.39. The molecule has 19 aromatic rings. The fraction of sp³-hybridized carbons (Fsp3) is 0.0189. The first-order chi connectivity index (χ1) is 56.4. The molecule has 0 N–H and O–H groups in total. The van der Waals surface area contributed by atoms with Gasteiger partial charge in [-0.15, -0.1) is 0 Å². The van der Waals surface area contributed by atoms with Crippen molar-refractivity contribution in [3.8, 4) is 158 Å². The van der Waals surface area contributed by atoms with Crippen molar-refractivity contribution in [2.24, 2.45) is 0 Å². The van der Waals surface area contributed by atoms with Gasteiger partial charge in [-0.05, 0) is 171 Å². The minimum atomic E-state index is -0.698. The van der Waals surface area contributed by atoms with Crippen molar-refractivity contribution in [1.82, 2.24) is 29.9 Å². The van der Waals surface area contributed by atoms with E-state index in [1.807, 2.05) is 60.7 Å². The first kappa shape index (κ1) is 64.8. The second-order valence-corrected chi connectivity index (χ2v) is 29.9. The molecule has 23 rings (SSSR count). The molecule has 0 radical (unpaired) electrons. The standard InChI is InChI=1S/C106H64N6O2/c1-3-24-66(25-4-1)99-107-100(67-26-5-2-6-27-67)109-101(108-99)77-33-20-30-70(58-77)68-28-19-29-69(57-68)74-51-56-94-98(63-74)114-96-46-18-16-44-92(96)106(94)89-42-14-11-39-85(89)86-62-73(50-54-90(86)106)71-31-21-34-78(59-71)102-110-103(112-104(111-102)80-49-53-82-76(61-80)48-47-65-23-7-8-36-81(65)82)79-35-22-32-72(60-79)75-52-55-93-97(64-75)113-95-45-17-15-43-91(95)105(93)87-40-12-9-37-83(87)84-38-10-13-41-88(84)105/h1-64H. The van der Waals surface area contributed by atoms with Gasteiger partial charge in [-0.25, -0.2) is 29.9 Å².